The molecule has 0 fully saturated rings. The fourth-order valence-electron chi connectivity index (χ4n) is 4.27. The van der Waals surface area contributed by atoms with Crippen LogP contribution in [-0.2, 0) is 36.8 Å². The number of hydrogen-bond donors (Lipinski definition) is 3. The van der Waals surface area contributed by atoms with Crippen LogP contribution in [0.4, 0.5) is 9.59 Å². The first kappa shape index (κ1) is 38.9. The molecule has 0 saturated heterocycles. The van der Waals surface area contributed by atoms with Crippen molar-refractivity contribution in [3.63, 3.8) is 0 Å². The predicted octanol–water partition coefficient (Wildman–Crippen LogP) is 6.22. The minimum Gasteiger partial charge on any atom is -0.488 e. The van der Waals surface area contributed by atoms with Gasteiger partial charge in [-0.05, 0) is 105 Å². The molecular weight excluding hydrogens is 602 g/mol. The number of esters is 1. The van der Waals surface area contributed by atoms with Gasteiger partial charge in [-0.1, -0.05) is 42.5 Å². The van der Waals surface area contributed by atoms with Crippen LogP contribution < -0.4 is 20.7 Å². The van der Waals surface area contributed by atoms with Gasteiger partial charge >= 0.3 is 18.2 Å². The largest absolute Gasteiger partial charge is 0.488 e. The molecule has 0 heterocycles. The van der Waals surface area contributed by atoms with E-state index in [1.165, 1.54) is 0 Å². The molecule has 0 radical (unpaired) electrons. The second-order valence-electron chi connectivity index (χ2n) is 14.3. The second-order valence-corrected chi connectivity index (χ2v) is 14.3. The van der Waals surface area contributed by atoms with Gasteiger partial charge < -0.3 is 34.9 Å². The Morgan fingerprint density at radius 3 is 1.85 bits per heavy atom. The summed E-state index contributed by atoms with van der Waals surface area (Å²) in [5.74, 6) is -0.489. The number of unbranched alkanes of at least 4 members (excludes halogenated alkanes) is 1. The highest BCUT2D eigenvalue weighted by Crippen LogP contribution is 2.20. The van der Waals surface area contributed by atoms with E-state index in [0.717, 1.165) is 11.1 Å². The highest BCUT2D eigenvalue weighted by Gasteiger charge is 2.31. The molecule has 2 aromatic carbocycles. The number of carbonyl (C=O) groups excluding carboxylic acids is 4. The maximum atomic E-state index is 13.7. The van der Waals surface area contributed by atoms with E-state index in [2.05, 4.69) is 16.0 Å². The third-order valence-electron chi connectivity index (χ3n) is 6.20. The lowest BCUT2D eigenvalue weighted by atomic mass is 10.0. The summed E-state index contributed by atoms with van der Waals surface area (Å²) in [7, 11) is 0. The summed E-state index contributed by atoms with van der Waals surface area (Å²) in [4.78, 5) is 51.7. The van der Waals surface area contributed by atoms with Gasteiger partial charge in [0.05, 0.1) is 0 Å². The van der Waals surface area contributed by atoms with E-state index in [1.54, 1.807) is 53.7 Å². The average molecular weight is 656 g/mol. The Balaban J connectivity index is 2.08. The van der Waals surface area contributed by atoms with Gasteiger partial charge in [-0.25, -0.2) is 14.4 Å². The first-order valence-corrected chi connectivity index (χ1v) is 16.0. The van der Waals surface area contributed by atoms with Crippen molar-refractivity contribution in [2.24, 2.45) is 0 Å². The van der Waals surface area contributed by atoms with Crippen molar-refractivity contribution >= 4 is 24.1 Å². The van der Waals surface area contributed by atoms with Crippen LogP contribution >= 0.6 is 0 Å². The van der Waals surface area contributed by atoms with Crippen LogP contribution in [0.3, 0.4) is 0 Å². The highest BCUT2D eigenvalue weighted by molar-refractivity contribution is 5.90. The van der Waals surface area contributed by atoms with E-state index in [0.29, 0.717) is 25.1 Å². The van der Waals surface area contributed by atoms with Gasteiger partial charge in [-0.15, -0.1) is 0 Å². The van der Waals surface area contributed by atoms with Gasteiger partial charge in [0.2, 0.25) is 5.91 Å². The third-order valence-corrected chi connectivity index (χ3v) is 6.20. The number of nitrogens with one attached hydrogen (secondary N) is 3. The van der Waals surface area contributed by atoms with E-state index in [-0.39, 0.29) is 25.0 Å². The second kappa shape index (κ2) is 17.6. The van der Waals surface area contributed by atoms with Gasteiger partial charge in [0.1, 0.15) is 41.2 Å². The van der Waals surface area contributed by atoms with E-state index < -0.39 is 47.3 Å². The van der Waals surface area contributed by atoms with Crippen LogP contribution in [0, 0.1) is 0 Å². The molecule has 0 saturated carbocycles. The summed E-state index contributed by atoms with van der Waals surface area (Å²) >= 11 is 0. The molecule has 11 nitrogen and oxygen atoms in total. The Morgan fingerprint density at radius 1 is 0.660 bits per heavy atom. The Labute approximate surface area is 279 Å². The molecule has 0 unspecified atom stereocenters. The lowest BCUT2D eigenvalue weighted by Gasteiger charge is -2.27. The van der Waals surface area contributed by atoms with Gasteiger partial charge in [0.15, 0.2) is 0 Å². The smallest absolute Gasteiger partial charge is 0.408 e. The van der Waals surface area contributed by atoms with Crippen molar-refractivity contribution in [1.29, 1.82) is 0 Å². The lowest BCUT2D eigenvalue weighted by molar-refractivity contribution is -0.159. The van der Waals surface area contributed by atoms with Gasteiger partial charge in [-0.2, -0.15) is 0 Å². The topological polar surface area (TPSA) is 141 Å². The van der Waals surface area contributed by atoms with E-state index in [1.807, 2.05) is 63.2 Å². The van der Waals surface area contributed by atoms with Crippen LogP contribution in [0.2, 0.25) is 0 Å². The monoisotopic (exact) mass is 655 g/mol. The van der Waals surface area contributed by atoms with E-state index in [9.17, 15) is 19.2 Å². The summed E-state index contributed by atoms with van der Waals surface area (Å²) in [6.45, 7) is 16.7. The maximum Gasteiger partial charge on any atom is 0.408 e. The number of hydrogen-bond acceptors (Lipinski definition) is 8. The van der Waals surface area contributed by atoms with Crippen LogP contribution in [0.1, 0.15) is 92.7 Å². The number of amides is 3. The van der Waals surface area contributed by atoms with E-state index in [4.69, 9.17) is 18.9 Å². The fraction of sp³-hybridized carbons (Fsp3) is 0.556. The van der Waals surface area contributed by atoms with Crippen LogP contribution in [0.25, 0.3) is 0 Å². The molecule has 0 aliphatic rings. The third kappa shape index (κ3) is 17.3. The molecule has 2 rings (SSSR count). The van der Waals surface area contributed by atoms with Crippen molar-refractivity contribution in [3.05, 3.63) is 65.7 Å². The zero-order valence-corrected chi connectivity index (χ0v) is 29.4. The standard InChI is InChI=1S/C36H53N3O8/c1-34(2,3)45-27-20-18-25(19-21-27)23-29(39-33(43)47-36(7,8)9)30(40)38-28(31(41)46-35(4,5)6)17-13-14-22-37-32(42)44-24-26-15-11-10-12-16-26/h10-12,15-16,18-21,28-29H,13-14,17,22-24H2,1-9H3,(H,37,42)(H,38,40)(H,39,43)/t28-,29-/m0/s1. The summed E-state index contributed by atoms with van der Waals surface area (Å²) < 4.78 is 22.1. The Bertz CT molecular complexity index is 1290. The molecule has 0 aliphatic carbocycles. The Morgan fingerprint density at radius 2 is 1.28 bits per heavy atom. The minimum atomic E-state index is -1.05. The van der Waals surface area contributed by atoms with Gasteiger partial charge in [-0.3, -0.25) is 4.79 Å². The molecule has 2 atom stereocenters. The zero-order valence-electron chi connectivity index (χ0n) is 29.4. The number of benzene rings is 2. The van der Waals surface area contributed by atoms with Crippen molar-refractivity contribution in [3.8, 4) is 5.75 Å². The molecule has 0 aromatic heterocycles. The molecule has 260 valence electrons. The first-order chi connectivity index (χ1) is 21.8. The van der Waals surface area contributed by atoms with Crippen LogP contribution in [-0.4, -0.2) is 59.5 Å². The predicted molar refractivity (Wildman–Crippen MR) is 180 cm³/mol. The first-order valence-electron chi connectivity index (χ1n) is 16.0. The number of rotatable bonds is 14. The highest BCUT2D eigenvalue weighted by atomic mass is 16.6. The molecule has 2 aromatic rings. The molecule has 0 spiro atoms. The van der Waals surface area contributed by atoms with Gasteiger partial charge in [0, 0.05) is 13.0 Å². The van der Waals surface area contributed by atoms with Crippen molar-refractivity contribution < 1.29 is 38.1 Å². The molecule has 47 heavy (non-hydrogen) atoms. The number of alkyl carbamates (subject to hydrolysis) is 2. The molecular formula is C36H53N3O8. The SMILES string of the molecule is CC(C)(C)OC(=O)N[C@@H](Cc1ccc(OC(C)(C)C)cc1)C(=O)N[C@@H](CCCCNC(=O)OCc1ccccc1)C(=O)OC(C)(C)C. The molecule has 3 N–H and O–H groups in total. The minimum absolute atomic E-state index is 0.136. The summed E-state index contributed by atoms with van der Waals surface area (Å²) in [5.41, 5.74) is -0.292. The molecule has 3 amide bonds. The quantitative estimate of drug-likeness (QED) is 0.124. The zero-order chi connectivity index (χ0) is 35.3. The average Bonchev–Trinajstić information content (AvgIpc) is 2.93. The van der Waals surface area contributed by atoms with E-state index >= 15 is 0 Å². The maximum absolute atomic E-state index is 13.7. The van der Waals surface area contributed by atoms with Crippen molar-refractivity contribution in [2.45, 2.75) is 123 Å². The van der Waals surface area contributed by atoms with Crippen LogP contribution in [0.5, 0.6) is 5.75 Å². The molecule has 0 bridgehead atoms. The fourth-order valence-corrected chi connectivity index (χ4v) is 4.27. The lowest BCUT2D eigenvalue weighted by Crippen LogP contribution is -2.54. The summed E-state index contributed by atoms with van der Waals surface area (Å²) in [5, 5.41) is 8.15. The normalized spacial score (nSPS) is 13.0. The molecule has 0 aliphatic heterocycles. The number of ether oxygens (including phenoxy) is 4. The van der Waals surface area contributed by atoms with Crippen molar-refractivity contribution in [1.82, 2.24) is 16.0 Å². The van der Waals surface area contributed by atoms with Crippen molar-refractivity contribution in [2.75, 3.05) is 6.54 Å². The Hall–Kier alpha value is -4.28. The molecule has 11 heteroatoms. The summed E-state index contributed by atoms with van der Waals surface area (Å²) in [6.07, 6.45) is 0.0983. The Kier molecular flexibility index (Phi) is 14.6. The van der Waals surface area contributed by atoms with Crippen LogP contribution in [0.15, 0.2) is 54.6 Å². The number of carbonyl (C=O) groups is 4. The van der Waals surface area contributed by atoms with Gasteiger partial charge in [0.25, 0.3) is 0 Å². The summed E-state index contributed by atoms with van der Waals surface area (Å²) in [6, 6.07) is 14.6.